The van der Waals surface area contributed by atoms with Crippen LogP contribution in [0.4, 0.5) is 21.0 Å². The number of nitrogens with one attached hydrogen (secondary N) is 3. The van der Waals surface area contributed by atoms with E-state index in [4.69, 9.17) is 0 Å². The first-order valence-electron chi connectivity index (χ1n) is 11.0. The van der Waals surface area contributed by atoms with Gasteiger partial charge in [0, 0.05) is 25.0 Å². The average molecular weight is 446 g/mol. The van der Waals surface area contributed by atoms with Crippen molar-refractivity contribution in [1.82, 2.24) is 15.2 Å². The third-order valence-electron chi connectivity index (χ3n) is 5.60. The Labute approximate surface area is 192 Å². The molecule has 0 bridgehead atoms. The maximum absolute atomic E-state index is 12.8. The van der Waals surface area contributed by atoms with E-state index in [1.54, 1.807) is 27.8 Å². The summed E-state index contributed by atoms with van der Waals surface area (Å²) in [4.78, 5) is 39.0. The Kier molecular flexibility index (Phi) is 6.73. The second-order valence-corrected chi connectivity index (χ2v) is 7.99. The molecule has 1 unspecified atom stereocenters. The molecule has 33 heavy (non-hydrogen) atoms. The van der Waals surface area contributed by atoms with Crippen molar-refractivity contribution in [2.24, 2.45) is 0 Å². The smallest absolute Gasteiger partial charge is 0.321 e. The quantitative estimate of drug-likeness (QED) is 0.540. The minimum Gasteiger partial charge on any atom is -0.338 e. The highest BCUT2D eigenvalue weighted by Gasteiger charge is 2.19. The molecule has 0 radical (unpaired) electrons. The number of urea groups is 2. The molecule has 3 aromatic rings. The topological polar surface area (TPSA) is 95.5 Å². The number of amides is 4. The minimum absolute atomic E-state index is 0.0969. The number of hydrogen-bond donors (Lipinski definition) is 3. The third kappa shape index (κ3) is 5.41. The molecule has 4 amide bonds. The van der Waals surface area contributed by atoms with Crippen molar-refractivity contribution in [2.75, 3.05) is 23.3 Å². The van der Waals surface area contributed by atoms with E-state index in [9.17, 15) is 14.4 Å². The van der Waals surface area contributed by atoms with E-state index < -0.39 is 6.03 Å². The van der Waals surface area contributed by atoms with Crippen LogP contribution in [0.3, 0.4) is 0 Å². The zero-order chi connectivity index (χ0) is 23.2. The second-order valence-electron chi connectivity index (χ2n) is 7.99. The number of anilines is 2. The molecule has 0 saturated carbocycles. The van der Waals surface area contributed by atoms with E-state index in [0.717, 1.165) is 23.2 Å². The van der Waals surface area contributed by atoms with Gasteiger partial charge in [0.15, 0.2) is 0 Å². The summed E-state index contributed by atoms with van der Waals surface area (Å²) in [5.74, 6) is 0. The largest absolute Gasteiger partial charge is 0.338 e. The van der Waals surface area contributed by atoms with E-state index in [2.05, 4.69) is 16.0 Å². The van der Waals surface area contributed by atoms with Gasteiger partial charge >= 0.3 is 12.1 Å². The van der Waals surface area contributed by atoms with Crippen molar-refractivity contribution in [2.45, 2.75) is 25.9 Å². The van der Waals surface area contributed by atoms with Gasteiger partial charge in [0.2, 0.25) is 0 Å². The van der Waals surface area contributed by atoms with Crippen LogP contribution >= 0.6 is 0 Å². The zero-order valence-electron chi connectivity index (χ0n) is 18.5. The first-order chi connectivity index (χ1) is 16.0. The summed E-state index contributed by atoms with van der Waals surface area (Å²) in [5, 5.41) is 8.35. The monoisotopic (exact) mass is 445 g/mol. The molecule has 1 fully saturated rings. The fourth-order valence-corrected chi connectivity index (χ4v) is 3.79. The fraction of sp³-hybridized carbons (Fsp3) is 0.240. The van der Waals surface area contributed by atoms with Crippen LogP contribution in [0.1, 0.15) is 30.5 Å². The normalized spacial score (nSPS) is 14.3. The number of carbonyl (C=O) groups is 2. The number of carbonyl (C=O) groups excluding carboxylic acids is 2. The SMILES string of the molecule is CC(NC(=O)Nc1cccn(Cc2ccccc2)c1=O)c1ccc(N2CCCNC2=O)cc1. The van der Waals surface area contributed by atoms with Crippen molar-refractivity contribution < 1.29 is 9.59 Å². The van der Waals surface area contributed by atoms with Gasteiger partial charge in [-0.15, -0.1) is 0 Å². The average Bonchev–Trinajstić information content (AvgIpc) is 2.83. The van der Waals surface area contributed by atoms with Crippen LogP contribution in [-0.4, -0.2) is 29.7 Å². The van der Waals surface area contributed by atoms with E-state index >= 15 is 0 Å². The van der Waals surface area contributed by atoms with E-state index in [1.807, 2.05) is 61.5 Å². The Balaban J connectivity index is 1.38. The van der Waals surface area contributed by atoms with Crippen molar-refractivity contribution in [3.63, 3.8) is 0 Å². The first-order valence-corrected chi connectivity index (χ1v) is 11.0. The van der Waals surface area contributed by atoms with Gasteiger partial charge < -0.3 is 20.5 Å². The lowest BCUT2D eigenvalue weighted by atomic mass is 10.1. The summed E-state index contributed by atoms with van der Waals surface area (Å²) >= 11 is 0. The van der Waals surface area contributed by atoms with Gasteiger partial charge in [-0.25, -0.2) is 9.59 Å². The summed E-state index contributed by atoms with van der Waals surface area (Å²) in [7, 11) is 0. The third-order valence-corrected chi connectivity index (χ3v) is 5.60. The van der Waals surface area contributed by atoms with Crippen LogP contribution in [0.2, 0.25) is 0 Å². The van der Waals surface area contributed by atoms with Crippen LogP contribution in [-0.2, 0) is 6.54 Å². The highest BCUT2D eigenvalue weighted by molar-refractivity contribution is 5.92. The summed E-state index contributed by atoms with van der Waals surface area (Å²) in [6, 6.07) is 19.7. The predicted octanol–water partition coefficient (Wildman–Crippen LogP) is 3.70. The maximum atomic E-state index is 12.8. The molecule has 0 aliphatic carbocycles. The second kappa shape index (κ2) is 10.0. The number of pyridine rings is 1. The van der Waals surface area contributed by atoms with Gasteiger partial charge in [-0.3, -0.25) is 9.69 Å². The molecule has 8 nitrogen and oxygen atoms in total. The highest BCUT2D eigenvalue weighted by Crippen LogP contribution is 2.21. The summed E-state index contributed by atoms with van der Waals surface area (Å²) in [6.45, 7) is 3.66. The Morgan fingerprint density at radius 3 is 2.52 bits per heavy atom. The fourth-order valence-electron chi connectivity index (χ4n) is 3.79. The van der Waals surface area contributed by atoms with Crippen molar-refractivity contribution in [3.8, 4) is 0 Å². The molecule has 0 spiro atoms. The maximum Gasteiger partial charge on any atom is 0.321 e. The number of nitrogens with zero attached hydrogens (tertiary/aromatic N) is 2. The Morgan fingerprint density at radius 2 is 1.79 bits per heavy atom. The molecule has 4 rings (SSSR count). The minimum atomic E-state index is -0.462. The number of rotatable bonds is 6. The Bertz CT molecular complexity index is 1170. The number of benzene rings is 2. The van der Waals surface area contributed by atoms with Gasteiger partial charge in [0.25, 0.3) is 5.56 Å². The molecule has 1 atom stereocenters. The number of hydrogen-bond acceptors (Lipinski definition) is 3. The molecule has 3 N–H and O–H groups in total. The van der Waals surface area contributed by atoms with Crippen LogP contribution in [0.5, 0.6) is 0 Å². The van der Waals surface area contributed by atoms with Gasteiger partial charge in [-0.1, -0.05) is 42.5 Å². The lowest BCUT2D eigenvalue weighted by Gasteiger charge is -2.27. The number of aromatic nitrogens is 1. The zero-order valence-corrected chi connectivity index (χ0v) is 18.5. The van der Waals surface area contributed by atoms with Crippen LogP contribution < -0.4 is 26.4 Å². The summed E-state index contributed by atoms with van der Waals surface area (Å²) in [5.41, 5.74) is 2.65. The van der Waals surface area contributed by atoms with Crippen LogP contribution in [0.25, 0.3) is 0 Å². The Hall–Kier alpha value is -4.07. The molecule has 2 aromatic carbocycles. The molecular weight excluding hydrogens is 418 g/mol. The summed E-state index contributed by atoms with van der Waals surface area (Å²) < 4.78 is 1.56. The molecule has 1 aliphatic rings. The van der Waals surface area contributed by atoms with Gasteiger partial charge in [-0.05, 0) is 48.7 Å². The van der Waals surface area contributed by atoms with Crippen molar-refractivity contribution in [1.29, 1.82) is 0 Å². The molecule has 1 aromatic heterocycles. The molecule has 1 aliphatic heterocycles. The van der Waals surface area contributed by atoms with Gasteiger partial charge in [0.05, 0.1) is 12.6 Å². The van der Waals surface area contributed by atoms with E-state index in [-0.39, 0.29) is 23.3 Å². The molecule has 170 valence electrons. The highest BCUT2D eigenvalue weighted by atomic mass is 16.2. The van der Waals surface area contributed by atoms with Gasteiger partial charge in [0.1, 0.15) is 5.69 Å². The standard InChI is InChI=1S/C25H27N5O3/c1-18(20-10-12-21(13-11-20)30-16-6-14-26-25(30)33)27-24(32)28-22-9-5-15-29(23(22)31)17-19-7-3-2-4-8-19/h2-5,7-13,15,18H,6,14,16-17H2,1H3,(H,26,33)(H2,27,28,32). The van der Waals surface area contributed by atoms with Crippen LogP contribution in [0, 0.1) is 0 Å². The van der Waals surface area contributed by atoms with Crippen LogP contribution in [0.15, 0.2) is 77.7 Å². The first kappa shape index (κ1) is 22.1. The molecule has 1 saturated heterocycles. The van der Waals surface area contributed by atoms with Crippen molar-refractivity contribution in [3.05, 3.63) is 94.4 Å². The lowest BCUT2D eigenvalue weighted by molar-refractivity contribution is 0.243. The Morgan fingerprint density at radius 1 is 1.03 bits per heavy atom. The lowest BCUT2D eigenvalue weighted by Crippen LogP contribution is -2.46. The molecular formula is C25H27N5O3. The van der Waals surface area contributed by atoms with Crippen molar-refractivity contribution >= 4 is 23.4 Å². The molecule has 8 heteroatoms. The summed E-state index contributed by atoms with van der Waals surface area (Å²) in [6.07, 6.45) is 2.60. The van der Waals surface area contributed by atoms with E-state index in [0.29, 0.717) is 19.6 Å². The predicted molar refractivity (Wildman–Crippen MR) is 129 cm³/mol. The van der Waals surface area contributed by atoms with E-state index in [1.165, 1.54) is 0 Å². The molecule has 2 heterocycles. The van der Waals surface area contributed by atoms with Gasteiger partial charge in [-0.2, -0.15) is 0 Å².